The molecule has 0 aromatic heterocycles. The highest BCUT2D eigenvalue weighted by atomic mass is 35.5. The number of halogens is 2. The fourth-order valence-corrected chi connectivity index (χ4v) is 2.47. The molecule has 0 saturated heterocycles. The van der Waals surface area contributed by atoms with E-state index in [0.717, 1.165) is 5.69 Å². The Hall–Kier alpha value is -0.400. The van der Waals surface area contributed by atoms with Crippen molar-refractivity contribution in [2.75, 3.05) is 5.32 Å². The fourth-order valence-electron chi connectivity index (χ4n) is 2.17. The minimum Gasteiger partial charge on any atom is -0.382 e. The van der Waals surface area contributed by atoms with Crippen molar-refractivity contribution in [1.29, 1.82) is 0 Å². The molecule has 0 amide bonds. The Morgan fingerprint density at radius 1 is 0.944 bits per heavy atom. The Balaban J connectivity index is 2.71. The van der Waals surface area contributed by atoms with Crippen LogP contribution in [0, 0.1) is 11.8 Å². The lowest BCUT2D eigenvalue weighted by Gasteiger charge is -2.23. The Bertz CT molecular complexity index is 365. The molecule has 0 radical (unpaired) electrons. The molecule has 18 heavy (non-hydrogen) atoms. The lowest BCUT2D eigenvalue weighted by Crippen LogP contribution is -2.23. The number of hydrogen-bond donors (Lipinski definition) is 1. The van der Waals surface area contributed by atoms with Gasteiger partial charge in [0.05, 0.1) is 10.0 Å². The van der Waals surface area contributed by atoms with Gasteiger partial charge in [-0.15, -0.1) is 0 Å². The summed E-state index contributed by atoms with van der Waals surface area (Å²) >= 11 is 12.0. The molecule has 0 aliphatic rings. The topological polar surface area (TPSA) is 12.0 Å². The van der Waals surface area contributed by atoms with Crippen LogP contribution in [0.2, 0.25) is 10.0 Å². The van der Waals surface area contributed by atoms with Crippen molar-refractivity contribution < 1.29 is 0 Å². The molecule has 0 aliphatic heterocycles. The third kappa shape index (κ3) is 5.49. The van der Waals surface area contributed by atoms with Gasteiger partial charge in [-0.2, -0.15) is 0 Å². The molecular weight excluding hydrogens is 265 g/mol. The van der Waals surface area contributed by atoms with Gasteiger partial charge in [-0.05, 0) is 42.9 Å². The van der Waals surface area contributed by atoms with E-state index >= 15 is 0 Å². The van der Waals surface area contributed by atoms with E-state index in [0.29, 0.717) is 27.9 Å². The summed E-state index contributed by atoms with van der Waals surface area (Å²) in [6, 6.07) is 6.22. The van der Waals surface area contributed by atoms with Crippen molar-refractivity contribution in [1.82, 2.24) is 0 Å². The van der Waals surface area contributed by atoms with Gasteiger partial charge < -0.3 is 5.32 Å². The molecule has 3 heteroatoms. The lowest BCUT2D eigenvalue weighted by atomic mass is 9.95. The molecule has 0 heterocycles. The number of nitrogens with one attached hydrogen (secondary N) is 1. The van der Waals surface area contributed by atoms with E-state index in [-0.39, 0.29) is 0 Å². The largest absolute Gasteiger partial charge is 0.382 e. The van der Waals surface area contributed by atoms with E-state index in [2.05, 4.69) is 33.0 Å². The van der Waals surface area contributed by atoms with Gasteiger partial charge in [0.2, 0.25) is 0 Å². The zero-order valence-corrected chi connectivity index (χ0v) is 13.1. The quantitative estimate of drug-likeness (QED) is 0.690. The molecule has 1 aromatic carbocycles. The second-order valence-corrected chi connectivity index (χ2v) is 6.54. The van der Waals surface area contributed by atoms with Gasteiger partial charge in [0.1, 0.15) is 0 Å². The first kappa shape index (κ1) is 15.7. The van der Waals surface area contributed by atoms with Crippen molar-refractivity contribution in [3.63, 3.8) is 0 Å². The Morgan fingerprint density at radius 3 is 1.94 bits per heavy atom. The summed E-state index contributed by atoms with van der Waals surface area (Å²) in [7, 11) is 0. The van der Waals surface area contributed by atoms with Crippen LogP contribution in [0.15, 0.2) is 18.2 Å². The highest BCUT2D eigenvalue weighted by molar-refractivity contribution is 6.42. The predicted octanol–water partition coefficient (Wildman–Crippen LogP) is 5.87. The first-order valence-electron chi connectivity index (χ1n) is 6.60. The van der Waals surface area contributed by atoms with E-state index in [1.165, 1.54) is 12.8 Å². The maximum atomic E-state index is 6.04. The Morgan fingerprint density at radius 2 is 1.50 bits per heavy atom. The molecule has 0 aliphatic carbocycles. The molecule has 1 nitrogen and oxygen atoms in total. The van der Waals surface area contributed by atoms with Crippen LogP contribution in [0.25, 0.3) is 0 Å². The van der Waals surface area contributed by atoms with Gasteiger partial charge in [0.25, 0.3) is 0 Å². The lowest BCUT2D eigenvalue weighted by molar-refractivity contribution is 0.442. The van der Waals surface area contributed by atoms with E-state index in [1.54, 1.807) is 0 Å². The van der Waals surface area contributed by atoms with Gasteiger partial charge in [-0.3, -0.25) is 0 Å². The number of benzene rings is 1. The standard InChI is InChI=1S/C15H23Cl2N/c1-10(2)7-13(8-11(3)4)18-12-5-6-14(16)15(17)9-12/h5-6,9-11,13,18H,7-8H2,1-4H3. The van der Waals surface area contributed by atoms with Crippen molar-refractivity contribution >= 4 is 28.9 Å². The average molecular weight is 288 g/mol. The fraction of sp³-hybridized carbons (Fsp3) is 0.600. The van der Waals surface area contributed by atoms with E-state index < -0.39 is 0 Å². The summed E-state index contributed by atoms with van der Waals surface area (Å²) in [5.41, 5.74) is 1.05. The monoisotopic (exact) mass is 287 g/mol. The molecule has 1 rings (SSSR count). The van der Waals surface area contributed by atoms with Crippen LogP contribution in [0.4, 0.5) is 5.69 Å². The average Bonchev–Trinajstić information content (AvgIpc) is 2.21. The molecule has 0 atom stereocenters. The van der Waals surface area contributed by atoms with Crippen molar-refractivity contribution in [3.8, 4) is 0 Å². The zero-order chi connectivity index (χ0) is 13.7. The molecule has 0 bridgehead atoms. The molecule has 1 N–H and O–H groups in total. The van der Waals surface area contributed by atoms with Crippen molar-refractivity contribution in [2.45, 2.75) is 46.6 Å². The van der Waals surface area contributed by atoms with Gasteiger partial charge in [0, 0.05) is 11.7 Å². The molecular formula is C15H23Cl2N. The molecule has 0 saturated carbocycles. The summed E-state index contributed by atoms with van der Waals surface area (Å²) in [6.45, 7) is 9.02. The van der Waals surface area contributed by atoms with Crippen LogP contribution < -0.4 is 5.32 Å². The summed E-state index contributed by atoms with van der Waals surface area (Å²) in [5.74, 6) is 1.37. The molecule has 0 fully saturated rings. The molecule has 102 valence electrons. The first-order valence-corrected chi connectivity index (χ1v) is 7.35. The minimum atomic E-state index is 0.488. The van der Waals surface area contributed by atoms with Crippen LogP contribution in [-0.2, 0) is 0 Å². The minimum absolute atomic E-state index is 0.488. The number of hydrogen-bond acceptors (Lipinski definition) is 1. The number of rotatable bonds is 6. The Kier molecular flexibility index (Phi) is 6.31. The summed E-state index contributed by atoms with van der Waals surface area (Å²) < 4.78 is 0. The van der Waals surface area contributed by atoms with Crippen LogP contribution >= 0.6 is 23.2 Å². The van der Waals surface area contributed by atoms with Gasteiger partial charge in [-0.1, -0.05) is 50.9 Å². The normalized spacial score (nSPS) is 11.6. The maximum Gasteiger partial charge on any atom is 0.0612 e. The maximum absolute atomic E-state index is 6.04. The second-order valence-electron chi connectivity index (χ2n) is 5.73. The third-order valence-electron chi connectivity index (χ3n) is 2.80. The highest BCUT2D eigenvalue weighted by Crippen LogP contribution is 2.26. The zero-order valence-electron chi connectivity index (χ0n) is 11.6. The van der Waals surface area contributed by atoms with Crippen molar-refractivity contribution in [3.05, 3.63) is 28.2 Å². The third-order valence-corrected chi connectivity index (χ3v) is 3.54. The predicted molar refractivity (Wildman–Crippen MR) is 82.8 cm³/mol. The smallest absolute Gasteiger partial charge is 0.0612 e. The van der Waals surface area contributed by atoms with Crippen LogP contribution in [0.1, 0.15) is 40.5 Å². The highest BCUT2D eigenvalue weighted by Gasteiger charge is 2.13. The van der Waals surface area contributed by atoms with Gasteiger partial charge >= 0.3 is 0 Å². The van der Waals surface area contributed by atoms with E-state index in [4.69, 9.17) is 23.2 Å². The SMILES string of the molecule is CC(C)CC(CC(C)C)Nc1ccc(Cl)c(Cl)c1. The van der Waals surface area contributed by atoms with Crippen molar-refractivity contribution in [2.24, 2.45) is 11.8 Å². The van der Waals surface area contributed by atoms with Crippen LogP contribution in [0.5, 0.6) is 0 Å². The molecule has 0 unspecified atom stereocenters. The number of anilines is 1. The van der Waals surface area contributed by atoms with Crippen LogP contribution in [0.3, 0.4) is 0 Å². The Labute approximate surface area is 121 Å². The molecule has 1 aromatic rings. The summed E-state index contributed by atoms with van der Waals surface area (Å²) in [6.07, 6.45) is 2.33. The van der Waals surface area contributed by atoms with Gasteiger partial charge in [0.15, 0.2) is 0 Å². The summed E-state index contributed by atoms with van der Waals surface area (Å²) in [5, 5.41) is 4.78. The van der Waals surface area contributed by atoms with E-state index in [9.17, 15) is 0 Å². The second kappa shape index (κ2) is 7.25. The molecule has 0 spiro atoms. The van der Waals surface area contributed by atoms with E-state index in [1.807, 2.05) is 18.2 Å². The first-order chi connectivity index (χ1) is 8.38. The van der Waals surface area contributed by atoms with Gasteiger partial charge in [-0.25, -0.2) is 0 Å². The van der Waals surface area contributed by atoms with Crippen LogP contribution in [-0.4, -0.2) is 6.04 Å². The summed E-state index contributed by atoms with van der Waals surface area (Å²) in [4.78, 5) is 0.